The molecular weight excluding hydrogens is 222 g/mol. The molecule has 1 aromatic heterocycles. The molecule has 0 saturated heterocycles. The summed E-state index contributed by atoms with van der Waals surface area (Å²) < 4.78 is 9.92. The third-order valence-electron chi connectivity index (χ3n) is 2.26. The summed E-state index contributed by atoms with van der Waals surface area (Å²) >= 11 is 0. The Balaban J connectivity index is 1.91. The number of rotatable bonds is 10. The maximum Gasteiger partial charge on any atom is 0.213 e. The van der Waals surface area contributed by atoms with Gasteiger partial charge in [0.2, 0.25) is 6.39 Å². The van der Waals surface area contributed by atoms with Gasteiger partial charge in [-0.05, 0) is 6.42 Å². The smallest absolute Gasteiger partial charge is 0.213 e. The van der Waals surface area contributed by atoms with Gasteiger partial charge in [-0.2, -0.15) is 4.98 Å². The minimum Gasteiger partial charge on any atom is -0.389 e. The van der Waals surface area contributed by atoms with Crippen LogP contribution in [0.5, 0.6) is 0 Å². The van der Waals surface area contributed by atoms with Gasteiger partial charge in [-0.15, -0.1) is 0 Å². The highest BCUT2D eigenvalue weighted by atomic mass is 16.5. The first-order valence-electron chi connectivity index (χ1n) is 6.04. The van der Waals surface area contributed by atoms with Gasteiger partial charge in [-0.3, -0.25) is 0 Å². The maximum atomic E-state index is 9.57. The Kier molecular flexibility index (Phi) is 7.53. The maximum absolute atomic E-state index is 9.57. The van der Waals surface area contributed by atoms with Crippen molar-refractivity contribution >= 4 is 0 Å². The highest BCUT2D eigenvalue weighted by molar-refractivity contribution is 4.78. The number of aliphatic hydroxyl groups excluding tert-OH is 1. The van der Waals surface area contributed by atoms with Gasteiger partial charge in [0.25, 0.3) is 0 Å². The van der Waals surface area contributed by atoms with E-state index in [1.165, 1.54) is 6.39 Å². The van der Waals surface area contributed by atoms with Crippen molar-refractivity contribution in [3.63, 3.8) is 0 Å². The minimum absolute atomic E-state index is 0.384. The number of nitrogens with one attached hydrogen (secondary N) is 1. The van der Waals surface area contributed by atoms with Gasteiger partial charge in [0.05, 0.1) is 12.7 Å². The highest BCUT2D eigenvalue weighted by Gasteiger charge is 2.04. The summed E-state index contributed by atoms with van der Waals surface area (Å²) in [5.41, 5.74) is 0. The molecule has 0 bridgehead atoms. The number of nitrogens with zero attached hydrogens (tertiary/aromatic N) is 2. The highest BCUT2D eigenvalue weighted by Crippen LogP contribution is 1.91. The van der Waals surface area contributed by atoms with Crippen LogP contribution in [0.3, 0.4) is 0 Å². The molecule has 0 aromatic carbocycles. The Labute approximate surface area is 101 Å². The van der Waals surface area contributed by atoms with E-state index in [1.807, 2.05) is 0 Å². The van der Waals surface area contributed by atoms with E-state index < -0.39 is 6.10 Å². The lowest BCUT2D eigenvalue weighted by Crippen LogP contribution is -2.31. The first-order valence-corrected chi connectivity index (χ1v) is 6.04. The molecule has 6 nitrogen and oxygen atoms in total. The second kappa shape index (κ2) is 9.09. The van der Waals surface area contributed by atoms with Gasteiger partial charge in [0, 0.05) is 26.1 Å². The predicted molar refractivity (Wildman–Crippen MR) is 62.6 cm³/mol. The molecule has 0 fully saturated rings. The van der Waals surface area contributed by atoms with Crippen molar-refractivity contribution in [1.29, 1.82) is 0 Å². The molecule has 0 aliphatic rings. The van der Waals surface area contributed by atoms with Crippen LogP contribution >= 0.6 is 0 Å². The number of aromatic nitrogens is 2. The summed E-state index contributed by atoms with van der Waals surface area (Å²) in [7, 11) is 0. The second-order valence-electron chi connectivity index (χ2n) is 3.88. The summed E-state index contributed by atoms with van der Waals surface area (Å²) in [4.78, 5) is 3.90. The average molecular weight is 243 g/mol. The van der Waals surface area contributed by atoms with Crippen LogP contribution in [0, 0.1) is 0 Å². The van der Waals surface area contributed by atoms with Gasteiger partial charge in [-0.1, -0.05) is 18.5 Å². The van der Waals surface area contributed by atoms with Crippen molar-refractivity contribution in [3.05, 3.63) is 12.2 Å². The van der Waals surface area contributed by atoms with Crippen LogP contribution in [-0.4, -0.2) is 47.7 Å². The van der Waals surface area contributed by atoms with E-state index in [9.17, 15) is 5.11 Å². The van der Waals surface area contributed by atoms with Crippen LogP contribution in [0.2, 0.25) is 0 Å². The van der Waals surface area contributed by atoms with Crippen LogP contribution in [-0.2, 0) is 11.2 Å². The van der Waals surface area contributed by atoms with Crippen molar-refractivity contribution in [2.45, 2.75) is 32.3 Å². The Morgan fingerprint density at radius 1 is 1.59 bits per heavy atom. The van der Waals surface area contributed by atoms with Gasteiger partial charge >= 0.3 is 0 Å². The van der Waals surface area contributed by atoms with Gasteiger partial charge in [-0.25, -0.2) is 0 Å². The lowest BCUT2D eigenvalue weighted by atomic mass is 10.3. The summed E-state index contributed by atoms with van der Waals surface area (Å²) in [6.07, 6.45) is 3.69. The Hall–Kier alpha value is -0.980. The number of ether oxygens (including phenoxy) is 1. The van der Waals surface area contributed by atoms with Crippen molar-refractivity contribution in [1.82, 2.24) is 15.5 Å². The zero-order valence-corrected chi connectivity index (χ0v) is 10.3. The fourth-order valence-electron chi connectivity index (χ4n) is 1.30. The van der Waals surface area contributed by atoms with Crippen molar-refractivity contribution in [3.8, 4) is 0 Å². The molecule has 1 rings (SSSR count). The molecule has 0 radical (unpaired) electrons. The van der Waals surface area contributed by atoms with Crippen molar-refractivity contribution in [2.24, 2.45) is 0 Å². The first kappa shape index (κ1) is 14.1. The largest absolute Gasteiger partial charge is 0.389 e. The molecular formula is C11H21N3O3. The van der Waals surface area contributed by atoms with E-state index in [-0.39, 0.29) is 0 Å². The molecule has 0 aliphatic heterocycles. The van der Waals surface area contributed by atoms with Crippen LogP contribution < -0.4 is 5.32 Å². The van der Waals surface area contributed by atoms with E-state index in [2.05, 4.69) is 26.9 Å². The lowest BCUT2D eigenvalue weighted by Gasteiger charge is -2.11. The van der Waals surface area contributed by atoms with Gasteiger partial charge in [0.1, 0.15) is 0 Å². The van der Waals surface area contributed by atoms with Gasteiger partial charge in [0.15, 0.2) is 5.82 Å². The Bertz CT molecular complexity index is 267. The molecule has 0 saturated carbocycles. The van der Waals surface area contributed by atoms with Crippen LogP contribution in [0.25, 0.3) is 0 Å². The third-order valence-corrected chi connectivity index (χ3v) is 2.26. The number of hydrogen-bond acceptors (Lipinski definition) is 6. The molecule has 1 heterocycles. The standard InChI is InChI=1S/C11H21N3O3/c1-2-3-6-16-8-10(15)7-12-5-4-11-13-9-17-14-11/h9-10,12,15H,2-8H2,1H3. The zero-order valence-electron chi connectivity index (χ0n) is 10.3. The summed E-state index contributed by atoms with van der Waals surface area (Å²) in [6, 6.07) is 0. The number of aliphatic hydroxyl groups is 1. The van der Waals surface area contributed by atoms with Crippen LogP contribution in [0.15, 0.2) is 10.9 Å². The SMILES string of the molecule is CCCCOCC(O)CNCCc1ncon1. The monoisotopic (exact) mass is 243 g/mol. The van der Waals surface area contributed by atoms with Crippen LogP contribution in [0.4, 0.5) is 0 Å². The molecule has 0 spiro atoms. The summed E-state index contributed by atoms with van der Waals surface area (Å²) in [6.45, 7) is 4.44. The molecule has 2 N–H and O–H groups in total. The number of hydrogen-bond donors (Lipinski definition) is 2. The molecule has 98 valence electrons. The van der Waals surface area contributed by atoms with Crippen molar-refractivity contribution < 1.29 is 14.4 Å². The lowest BCUT2D eigenvalue weighted by molar-refractivity contribution is 0.0360. The molecule has 0 amide bonds. The van der Waals surface area contributed by atoms with Crippen molar-refractivity contribution in [2.75, 3.05) is 26.3 Å². The van der Waals surface area contributed by atoms with E-state index >= 15 is 0 Å². The topological polar surface area (TPSA) is 80.4 Å². The van der Waals surface area contributed by atoms with E-state index in [0.29, 0.717) is 31.9 Å². The van der Waals surface area contributed by atoms with E-state index in [0.717, 1.165) is 19.4 Å². The average Bonchev–Trinajstić information content (AvgIpc) is 2.83. The predicted octanol–water partition coefficient (Wildman–Crippen LogP) is 0.379. The number of unbranched alkanes of at least 4 members (excludes halogenated alkanes) is 1. The third kappa shape index (κ3) is 7.04. The first-order chi connectivity index (χ1) is 8.33. The minimum atomic E-state index is -0.461. The Morgan fingerprint density at radius 2 is 2.47 bits per heavy atom. The molecule has 6 heteroatoms. The summed E-state index contributed by atoms with van der Waals surface area (Å²) in [5.74, 6) is 0.672. The quantitative estimate of drug-likeness (QED) is 0.578. The molecule has 1 unspecified atom stereocenters. The summed E-state index contributed by atoms with van der Waals surface area (Å²) in [5, 5.41) is 16.4. The molecule has 1 aromatic rings. The zero-order chi connectivity index (χ0) is 12.3. The van der Waals surface area contributed by atoms with E-state index in [1.54, 1.807) is 0 Å². The fourth-order valence-corrected chi connectivity index (χ4v) is 1.30. The van der Waals surface area contributed by atoms with E-state index in [4.69, 9.17) is 4.74 Å². The Morgan fingerprint density at radius 3 is 3.18 bits per heavy atom. The second-order valence-corrected chi connectivity index (χ2v) is 3.88. The molecule has 0 aliphatic carbocycles. The fraction of sp³-hybridized carbons (Fsp3) is 0.818. The molecule has 17 heavy (non-hydrogen) atoms. The van der Waals surface area contributed by atoms with Gasteiger partial charge < -0.3 is 19.7 Å². The molecule has 1 atom stereocenters. The van der Waals surface area contributed by atoms with Crippen LogP contribution in [0.1, 0.15) is 25.6 Å². The normalized spacial score (nSPS) is 12.8.